The summed E-state index contributed by atoms with van der Waals surface area (Å²) in [7, 11) is 0. The maximum atomic E-state index is 13.7. The highest BCUT2D eigenvalue weighted by Crippen LogP contribution is 2.39. The van der Waals surface area contributed by atoms with Crippen LogP contribution in [-0.2, 0) is 33.6 Å². The van der Waals surface area contributed by atoms with Crippen LogP contribution in [-0.4, -0.2) is 26.4 Å². The molecule has 0 saturated heterocycles. The van der Waals surface area contributed by atoms with E-state index in [4.69, 9.17) is 4.74 Å². The number of halogens is 3. The number of carbonyl (C=O) groups excluding carboxylic acids is 1. The Bertz CT molecular complexity index is 1260. The van der Waals surface area contributed by atoms with Crippen LogP contribution in [0.15, 0.2) is 48.7 Å². The quantitative estimate of drug-likeness (QED) is 0.260. The van der Waals surface area contributed by atoms with Gasteiger partial charge in [-0.05, 0) is 56.4 Å². The van der Waals surface area contributed by atoms with Crippen LogP contribution in [0.2, 0.25) is 0 Å². The fourth-order valence-electron chi connectivity index (χ4n) is 4.09. The molecule has 0 amide bonds. The molecule has 0 aliphatic heterocycles. The number of rotatable bonds is 7. The zero-order valence-electron chi connectivity index (χ0n) is 22.3. The molecule has 3 aromatic rings. The van der Waals surface area contributed by atoms with E-state index in [1.807, 2.05) is 10.8 Å². The third-order valence-corrected chi connectivity index (χ3v) is 7.28. The molecule has 0 radical (unpaired) electrons. The van der Waals surface area contributed by atoms with E-state index in [9.17, 15) is 22.5 Å². The van der Waals surface area contributed by atoms with Gasteiger partial charge in [-0.15, -0.1) is 4.72 Å². The number of carbonyl (C=O) groups is 1. The van der Waals surface area contributed by atoms with Crippen molar-refractivity contribution >= 4 is 28.2 Å². The Morgan fingerprint density at radius 2 is 1.73 bits per heavy atom. The maximum absolute atomic E-state index is 13.7. The standard InChI is InChI=1S/C28H35F3N2O3S/c1-8-36-25(34)24(32-37(35)27(5,6)7)21-16-33(17-26(2,3)4)23-15-18(13-14-20(21)23)19-11-9-10-12-22(19)28(29,30)31/h9-16,24,32H,8,17H2,1-7H3/t24-,37?/m0/s1. The van der Waals surface area contributed by atoms with Gasteiger partial charge in [0.1, 0.15) is 4.75 Å². The van der Waals surface area contributed by atoms with Crippen molar-refractivity contribution in [2.45, 2.75) is 72.0 Å². The van der Waals surface area contributed by atoms with Gasteiger partial charge in [0.15, 0.2) is 6.04 Å². The van der Waals surface area contributed by atoms with Gasteiger partial charge in [0.05, 0.1) is 12.2 Å². The molecule has 202 valence electrons. The number of hydrogen-bond acceptors (Lipinski definition) is 4. The predicted octanol–water partition coefficient (Wildman–Crippen LogP) is 7.03. The average Bonchev–Trinajstić information content (AvgIpc) is 3.11. The van der Waals surface area contributed by atoms with E-state index >= 15 is 0 Å². The second kappa shape index (κ2) is 10.7. The summed E-state index contributed by atoms with van der Waals surface area (Å²) in [5.74, 6) is -0.568. The minimum atomic E-state index is -4.50. The fourth-order valence-corrected chi connectivity index (χ4v) is 4.88. The molecule has 1 aromatic heterocycles. The number of fused-ring (bicyclic) bond motifs is 1. The maximum Gasteiger partial charge on any atom is 0.417 e. The summed E-state index contributed by atoms with van der Waals surface area (Å²) in [5.41, 5.74) is 0.859. The molecule has 1 N–H and O–H groups in total. The number of nitrogens with zero attached hydrogens (tertiary/aromatic N) is 1. The zero-order chi connectivity index (χ0) is 27.8. The van der Waals surface area contributed by atoms with Gasteiger partial charge in [-0.2, -0.15) is 13.2 Å². The van der Waals surface area contributed by atoms with Crippen molar-refractivity contribution in [1.82, 2.24) is 9.29 Å². The Hall–Kier alpha value is -2.49. The molecule has 37 heavy (non-hydrogen) atoms. The number of esters is 1. The lowest BCUT2D eigenvalue weighted by Gasteiger charge is -2.27. The van der Waals surface area contributed by atoms with E-state index in [2.05, 4.69) is 25.5 Å². The molecule has 5 nitrogen and oxygen atoms in total. The number of alkyl halides is 3. The molecule has 0 aliphatic rings. The van der Waals surface area contributed by atoms with E-state index < -0.39 is 39.9 Å². The van der Waals surface area contributed by atoms with Crippen LogP contribution in [0.1, 0.15) is 65.6 Å². The van der Waals surface area contributed by atoms with Gasteiger partial charge in [-0.3, -0.25) is 0 Å². The number of benzene rings is 2. The first-order valence-corrected chi connectivity index (χ1v) is 13.3. The zero-order valence-corrected chi connectivity index (χ0v) is 23.1. The van der Waals surface area contributed by atoms with Crippen LogP contribution in [0, 0.1) is 5.41 Å². The normalized spacial score (nSPS) is 14.6. The molecule has 0 bridgehead atoms. The molecule has 0 aliphatic carbocycles. The highest BCUT2D eigenvalue weighted by atomic mass is 32.2. The smallest absolute Gasteiger partial charge is 0.417 e. The number of nitrogens with one attached hydrogen (secondary N) is 1. The van der Waals surface area contributed by atoms with Crippen LogP contribution >= 0.6 is 0 Å². The second-order valence-electron chi connectivity index (χ2n) is 11.2. The lowest BCUT2D eigenvalue weighted by Crippen LogP contribution is -2.44. The van der Waals surface area contributed by atoms with Crippen LogP contribution in [0.5, 0.6) is 0 Å². The lowest BCUT2D eigenvalue weighted by atomic mass is 9.96. The molecule has 9 heteroatoms. The summed E-state index contributed by atoms with van der Waals surface area (Å²) in [5, 5.41) is 0.675. The third-order valence-electron chi connectivity index (χ3n) is 5.72. The monoisotopic (exact) mass is 536 g/mol. The molecule has 0 fully saturated rings. The summed E-state index contributed by atoms with van der Waals surface area (Å²) < 4.78 is 63.8. The number of aromatic nitrogens is 1. The fraction of sp³-hybridized carbons (Fsp3) is 0.464. The Morgan fingerprint density at radius 3 is 2.30 bits per heavy atom. The molecular weight excluding hydrogens is 501 g/mol. The van der Waals surface area contributed by atoms with Gasteiger partial charge in [-0.25, -0.2) is 4.79 Å². The lowest BCUT2D eigenvalue weighted by molar-refractivity contribution is -0.145. The Morgan fingerprint density at radius 1 is 1.08 bits per heavy atom. The minimum Gasteiger partial charge on any atom is -0.598 e. The van der Waals surface area contributed by atoms with Crippen LogP contribution in [0.25, 0.3) is 22.0 Å². The van der Waals surface area contributed by atoms with Gasteiger partial charge in [-0.1, -0.05) is 51.1 Å². The van der Waals surface area contributed by atoms with E-state index in [1.54, 1.807) is 52.0 Å². The first-order chi connectivity index (χ1) is 17.0. The predicted molar refractivity (Wildman–Crippen MR) is 142 cm³/mol. The van der Waals surface area contributed by atoms with E-state index in [0.717, 1.165) is 6.07 Å². The first-order valence-electron chi connectivity index (χ1n) is 12.2. The minimum absolute atomic E-state index is 0.0795. The van der Waals surface area contributed by atoms with Gasteiger partial charge in [0.2, 0.25) is 0 Å². The molecule has 2 aromatic carbocycles. The van der Waals surface area contributed by atoms with E-state index in [-0.39, 0.29) is 17.6 Å². The molecule has 0 saturated carbocycles. The Balaban J connectivity index is 2.24. The van der Waals surface area contributed by atoms with Crippen molar-refractivity contribution in [2.24, 2.45) is 5.41 Å². The van der Waals surface area contributed by atoms with Crippen LogP contribution in [0.4, 0.5) is 13.2 Å². The topological polar surface area (TPSA) is 66.3 Å². The summed E-state index contributed by atoms with van der Waals surface area (Å²) >= 11 is -1.58. The van der Waals surface area contributed by atoms with Crippen molar-refractivity contribution < 1.29 is 27.3 Å². The van der Waals surface area contributed by atoms with Crippen molar-refractivity contribution in [3.8, 4) is 11.1 Å². The molecular formula is C28H35F3N2O3S. The van der Waals surface area contributed by atoms with Gasteiger partial charge >= 0.3 is 12.1 Å². The van der Waals surface area contributed by atoms with Crippen LogP contribution < -0.4 is 4.72 Å². The highest BCUT2D eigenvalue weighted by molar-refractivity contribution is 7.90. The van der Waals surface area contributed by atoms with Gasteiger partial charge in [0.25, 0.3) is 0 Å². The largest absolute Gasteiger partial charge is 0.598 e. The van der Waals surface area contributed by atoms with Crippen LogP contribution in [0.3, 0.4) is 0 Å². The van der Waals surface area contributed by atoms with Crippen molar-refractivity contribution in [3.63, 3.8) is 0 Å². The summed E-state index contributed by atoms with van der Waals surface area (Å²) in [6, 6.07) is 9.53. The van der Waals surface area contributed by atoms with E-state index in [1.165, 1.54) is 12.1 Å². The average molecular weight is 537 g/mol. The van der Waals surface area contributed by atoms with Crippen molar-refractivity contribution in [3.05, 3.63) is 59.8 Å². The Labute approximate surface area is 219 Å². The Kier molecular flexibility index (Phi) is 8.41. The molecule has 0 spiro atoms. The molecule has 1 heterocycles. The summed E-state index contributed by atoms with van der Waals surface area (Å²) in [6.07, 6.45) is -2.69. The van der Waals surface area contributed by atoms with Gasteiger partial charge in [0, 0.05) is 40.6 Å². The molecule has 1 unspecified atom stereocenters. The third kappa shape index (κ3) is 6.89. The van der Waals surface area contributed by atoms with Crippen molar-refractivity contribution in [2.75, 3.05) is 6.61 Å². The number of hydrogen-bond donors (Lipinski definition) is 1. The summed E-state index contributed by atoms with van der Waals surface area (Å²) in [4.78, 5) is 13.0. The summed E-state index contributed by atoms with van der Waals surface area (Å²) in [6.45, 7) is 13.9. The van der Waals surface area contributed by atoms with Crippen molar-refractivity contribution in [1.29, 1.82) is 0 Å². The SMILES string of the molecule is CCOC(=O)[C@@H](N[S+]([O-])C(C)(C)C)c1cn(CC(C)(C)C)c2cc(-c3ccccc3C(F)(F)F)ccc12. The second-order valence-corrected chi connectivity index (χ2v) is 13.2. The first kappa shape index (κ1) is 29.1. The molecule has 3 rings (SSSR count). The molecule has 2 atom stereocenters. The van der Waals surface area contributed by atoms with Gasteiger partial charge < -0.3 is 13.9 Å². The van der Waals surface area contributed by atoms with E-state index in [0.29, 0.717) is 28.6 Å². The highest BCUT2D eigenvalue weighted by Gasteiger charge is 2.36. The number of ether oxygens (including phenoxy) is 1.